The van der Waals surface area contributed by atoms with Gasteiger partial charge in [-0.15, -0.1) is 11.8 Å². The van der Waals surface area contributed by atoms with Crippen LogP contribution in [-0.2, 0) is 14.8 Å². The second-order valence-corrected chi connectivity index (χ2v) is 7.11. The number of benzene rings is 1. The first kappa shape index (κ1) is 13.7. The van der Waals surface area contributed by atoms with E-state index in [-0.39, 0.29) is 11.0 Å². The Morgan fingerprint density at radius 3 is 2.72 bits per heavy atom. The standard InChI is InChI=1S/C11H16N2O3S2/c1-7-10(4-5-16-7)17-11-6-8(18(13,14)15)2-3-9(11)12/h2-3,6-7,10H,4-5,12H2,1H3,(H2,13,14,15). The van der Waals surface area contributed by atoms with Crippen LogP contribution in [-0.4, -0.2) is 26.4 Å². The average molecular weight is 288 g/mol. The van der Waals surface area contributed by atoms with E-state index < -0.39 is 10.0 Å². The molecular formula is C11H16N2O3S2. The zero-order valence-electron chi connectivity index (χ0n) is 10.00. The maximum absolute atomic E-state index is 11.3. The van der Waals surface area contributed by atoms with Crippen LogP contribution in [0.5, 0.6) is 0 Å². The minimum atomic E-state index is -3.69. The average Bonchev–Trinajstić information content (AvgIpc) is 2.66. The third kappa shape index (κ3) is 2.97. The van der Waals surface area contributed by atoms with Crippen LogP contribution in [0.25, 0.3) is 0 Å². The highest BCUT2D eigenvalue weighted by atomic mass is 32.2. The van der Waals surface area contributed by atoms with Gasteiger partial charge in [0.05, 0.1) is 11.0 Å². The van der Waals surface area contributed by atoms with Crippen molar-refractivity contribution in [1.29, 1.82) is 0 Å². The number of anilines is 1. The zero-order valence-corrected chi connectivity index (χ0v) is 11.6. The van der Waals surface area contributed by atoms with Crippen molar-refractivity contribution in [2.75, 3.05) is 12.3 Å². The monoisotopic (exact) mass is 288 g/mol. The summed E-state index contributed by atoms with van der Waals surface area (Å²) in [7, 11) is -3.69. The largest absolute Gasteiger partial charge is 0.398 e. The third-order valence-electron chi connectivity index (χ3n) is 2.90. The summed E-state index contributed by atoms with van der Waals surface area (Å²) in [6.07, 6.45) is 1.08. The number of hydrogen-bond acceptors (Lipinski definition) is 5. The van der Waals surface area contributed by atoms with E-state index in [9.17, 15) is 8.42 Å². The van der Waals surface area contributed by atoms with Gasteiger partial charge < -0.3 is 10.5 Å². The molecule has 2 unspecified atom stereocenters. The van der Waals surface area contributed by atoms with E-state index in [4.69, 9.17) is 15.6 Å². The minimum absolute atomic E-state index is 0.0887. The molecule has 1 fully saturated rings. The van der Waals surface area contributed by atoms with E-state index >= 15 is 0 Å². The lowest BCUT2D eigenvalue weighted by atomic mass is 10.3. The molecule has 7 heteroatoms. The van der Waals surface area contributed by atoms with E-state index in [1.54, 1.807) is 17.8 Å². The number of nitrogens with two attached hydrogens (primary N) is 2. The van der Waals surface area contributed by atoms with Crippen molar-refractivity contribution >= 4 is 27.5 Å². The Hall–Kier alpha value is -0.760. The molecule has 1 aliphatic rings. The number of thioether (sulfide) groups is 1. The highest BCUT2D eigenvalue weighted by Gasteiger charge is 2.26. The van der Waals surface area contributed by atoms with Crippen LogP contribution >= 0.6 is 11.8 Å². The number of sulfonamides is 1. The second kappa shape index (κ2) is 5.08. The Morgan fingerprint density at radius 1 is 1.44 bits per heavy atom. The highest BCUT2D eigenvalue weighted by molar-refractivity contribution is 8.00. The molecule has 18 heavy (non-hydrogen) atoms. The van der Waals surface area contributed by atoms with Crippen molar-refractivity contribution < 1.29 is 13.2 Å². The molecule has 0 spiro atoms. The topological polar surface area (TPSA) is 95.4 Å². The van der Waals surface area contributed by atoms with E-state index in [1.807, 2.05) is 6.92 Å². The minimum Gasteiger partial charge on any atom is -0.398 e. The van der Waals surface area contributed by atoms with Crippen molar-refractivity contribution in [2.45, 2.75) is 34.5 Å². The van der Waals surface area contributed by atoms with Gasteiger partial charge in [-0.3, -0.25) is 0 Å². The Morgan fingerprint density at radius 2 is 2.17 bits per heavy atom. The van der Waals surface area contributed by atoms with Crippen molar-refractivity contribution in [1.82, 2.24) is 0 Å². The van der Waals surface area contributed by atoms with Gasteiger partial charge >= 0.3 is 0 Å². The lowest BCUT2D eigenvalue weighted by Crippen LogP contribution is -2.15. The fourth-order valence-corrected chi connectivity index (χ4v) is 3.65. The molecule has 2 atom stereocenters. The van der Waals surface area contributed by atoms with Gasteiger partial charge in [0.15, 0.2) is 0 Å². The molecule has 0 saturated carbocycles. The molecule has 0 radical (unpaired) electrons. The smallest absolute Gasteiger partial charge is 0.238 e. The summed E-state index contributed by atoms with van der Waals surface area (Å²) in [6, 6.07) is 4.52. The molecule has 0 bridgehead atoms. The first-order chi connectivity index (χ1) is 8.38. The van der Waals surface area contributed by atoms with Gasteiger partial charge in [0.25, 0.3) is 0 Å². The molecule has 0 amide bonds. The predicted molar refractivity (Wildman–Crippen MR) is 71.9 cm³/mol. The summed E-state index contributed by atoms with van der Waals surface area (Å²) in [5, 5.41) is 5.40. The summed E-state index contributed by atoms with van der Waals surface area (Å²) < 4.78 is 28.1. The summed E-state index contributed by atoms with van der Waals surface area (Å²) in [5.41, 5.74) is 6.42. The molecular weight excluding hydrogens is 272 g/mol. The molecule has 0 aliphatic carbocycles. The molecule has 1 aliphatic heterocycles. The Labute approximate surface area is 111 Å². The normalized spacial score (nSPS) is 24.3. The summed E-state index contributed by atoms with van der Waals surface area (Å²) in [5.74, 6) is 0. The zero-order chi connectivity index (χ0) is 13.3. The molecule has 1 aromatic rings. The summed E-state index contributed by atoms with van der Waals surface area (Å²) in [6.45, 7) is 2.73. The molecule has 0 aromatic heterocycles. The number of rotatable bonds is 3. The maximum atomic E-state index is 11.3. The third-order valence-corrected chi connectivity index (χ3v) is 5.34. The van der Waals surface area contributed by atoms with Crippen molar-refractivity contribution in [2.24, 2.45) is 5.14 Å². The Bertz CT molecular complexity index is 545. The number of primary sulfonamides is 1. The van der Waals surface area contributed by atoms with Gasteiger partial charge in [0.2, 0.25) is 10.0 Å². The van der Waals surface area contributed by atoms with E-state index in [2.05, 4.69) is 0 Å². The first-order valence-electron chi connectivity index (χ1n) is 5.58. The molecule has 1 heterocycles. The van der Waals surface area contributed by atoms with Crippen LogP contribution < -0.4 is 10.9 Å². The van der Waals surface area contributed by atoms with Crippen LogP contribution in [0.4, 0.5) is 5.69 Å². The van der Waals surface area contributed by atoms with Gasteiger partial charge in [-0.1, -0.05) is 0 Å². The summed E-state index contributed by atoms with van der Waals surface area (Å²) >= 11 is 1.55. The molecule has 100 valence electrons. The fraction of sp³-hybridized carbons (Fsp3) is 0.455. The molecule has 1 aromatic carbocycles. The molecule has 1 saturated heterocycles. The van der Waals surface area contributed by atoms with E-state index in [0.29, 0.717) is 10.9 Å². The van der Waals surface area contributed by atoms with Gasteiger partial charge in [0.1, 0.15) is 0 Å². The quantitative estimate of drug-likeness (QED) is 0.814. The fourth-order valence-electron chi connectivity index (χ4n) is 1.82. The van der Waals surface area contributed by atoms with Crippen LogP contribution in [0.1, 0.15) is 13.3 Å². The Balaban J connectivity index is 2.27. The van der Waals surface area contributed by atoms with Crippen molar-refractivity contribution in [3.63, 3.8) is 0 Å². The number of nitrogen functional groups attached to an aromatic ring is 1. The van der Waals surface area contributed by atoms with Gasteiger partial charge in [-0.05, 0) is 31.5 Å². The van der Waals surface area contributed by atoms with Crippen LogP contribution in [0.3, 0.4) is 0 Å². The maximum Gasteiger partial charge on any atom is 0.238 e. The van der Waals surface area contributed by atoms with E-state index in [1.165, 1.54) is 12.1 Å². The predicted octanol–water partition coefficient (Wildman–Crippen LogP) is 1.19. The number of hydrogen-bond donors (Lipinski definition) is 2. The van der Waals surface area contributed by atoms with Gasteiger partial charge in [-0.2, -0.15) is 0 Å². The molecule has 4 N–H and O–H groups in total. The highest BCUT2D eigenvalue weighted by Crippen LogP contribution is 2.36. The second-order valence-electron chi connectivity index (χ2n) is 4.27. The van der Waals surface area contributed by atoms with Crippen LogP contribution in [0, 0.1) is 0 Å². The molecule has 2 rings (SSSR count). The van der Waals surface area contributed by atoms with E-state index in [0.717, 1.165) is 17.9 Å². The van der Waals surface area contributed by atoms with Gasteiger partial charge in [0, 0.05) is 22.4 Å². The van der Waals surface area contributed by atoms with Gasteiger partial charge in [-0.25, -0.2) is 13.6 Å². The van der Waals surface area contributed by atoms with Crippen molar-refractivity contribution in [3.8, 4) is 0 Å². The molecule has 5 nitrogen and oxygen atoms in total. The van der Waals surface area contributed by atoms with Crippen LogP contribution in [0.2, 0.25) is 0 Å². The first-order valence-corrected chi connectivity index (χ1v) is 8.01. The lowest BCUT2D eigenvalue weighted by molar-refractivity contribution is 0.127. The Kier molecular flexibility index (Phi) is 3.86. The SMILES string of the molecule is CC1OCCC1Sc1cc(S(N)(=O)=O)ccc1N. The summed E-state index contributed by atoms with van der Waals surface area (Å²) in [4.78, 5) is 0.828. The van der Waals surface area contributed by atoms with Crippen molar-refractivity contribution in [3.05, 3.63) is 18.2 Å². The number of ether oxygens (including phenoxy) is 1. The van der Waals surface area contributed by atoms with Crippen LogP contribution in [0.15, 0.2) is 28.0 Å². The lowest BCUT2D eigenvalue weighted by Gasteiger charge is -2.15.